The summed E-state index contributed by atoms with van der Waals surface area (Å²) in [5.74, 6) is 0.940. The standard InChI is InChI=1S/C16H17FO3/c1-11-8-14(6-7-15(11)17)20-10-16(18)12-4-3-5-13(9-12)19-2/h3-9,16,18H,10H2,1-2H3. The van der Waals surface area contributed by atoms with Crippen LogP contribution in [0.2, 0.25) is 0 Å². The van der Waals surface area contributed by atoms with Crippen molar-refractivity contribution in [2.45, 2.75) is 13.0 Å². The molecule has 0 saturated carbocycles. The molecule has 0 fully saturated rings. The van der Waals surface area contributed by atoms with Gasteiger partial charge in [-0.2, -0.15) is 0 Å². The predicted octanol–water partition coefficient (Wildman–Crippen LogP) is 3.26. The summed E-state index contributed by atoms with van der Waals surface area (Å²) in [6.45, 7) is 1.76. The molecular weight excluding hydrogens is 259 g/mol. The Bertz CT molecular complexity index is 584. The summed E-state index contributed by atoms with van der Waals surface area (Å²) in [5.41, 5.74) is 1.22. The highest BCUT2D eigenvalue weighted by molar-refractivity contribution is 5.31. The third kappa shape index (κ3) is 3.48. The van der Waals surface area contributed by atoms with Crippen LogP contribution in [-0.4, -0.2) is 18.8 Å². The summed E-state index contributed by atoms with van der Waals surface area (Å²) in [4.78, 5) is 0. The predicted molar refractivity (Wildman–Crippen MR) is 74.6 cm³/mol. The molecular formula is C16H17FO3. The minimum Gasteiger partial charge on any atom is -0.497 e. The topological polar surface area (TPSA) is 38.7 Å². The van der Waals surface area contributed by atoms with E-state index < -0.39 is 6.10 Å². The van der Waals surface area contributed by atoms with Gasteiger partial charge in [0.15, 0.2) is 0 Å². The maximum atomic E-state index is 13.1. The number of methoxy groups -OCH3 is 1. The van der Waals surface area contributed by atoms with Gasteiger partial charge in [0.25, 0.3) is 0 Å². The minimum absolute atomic E-state index is 0.0955. The first kappa shape index (κ1) is 14.3. The molecule has 2 rings (SSSR count). The summed E-state index contributed by atoms with van der Waals surface area (Å²) < 4.78 is 23.7. The molecule has 106 valence electrons. The maximum absolute atomic E-state index is 13.1. The van der Waals surface area contributed by atoms with E-state index in [2.05, 4.69) is 0 Å². The molecule has 4 heteroatoms. The van der Waals surface area contributed by atoms with Gasteiger partial charge < -0.3 is 14.6 Å². The van der Waals surface area contributed by atoms with Crippen molar-refractivity contribution >= 4 is 0 Å². The highest BCUT2D eigenvalue weighted by Gasteiger charge is 2.10. The molecule has 2 aromatic carbocycles. The fourth-order valence-corrected chi connectivity index (χ4v) is 1.83. The average Bonchev–Trinajstić information content (AvgIpc) is 2.48. The van der Waals surface area contributed by atoms with E-state index in [1.165, 1.54) is 6.07 Å². The van der Waals surface area contributed by atoms with Gasteiger partial charge >= 0.3 is 0 Å². The van der Waals surface area contributed by atoms with Crippen molar-refractivity contribution < 1.29 is 19.0 Å². The van der Waals surface area contributed by atoms with Crippen molar-refractivity contribution in [1.82, 2.24) is 0 Å². The molecule has 0 aromatic heterocycles. The van der Waals surface area contributed by atoms with Crippen LogP contribution in [0.5, 0.6) is 11.5 Å². The third-order valence-corrected chi connectivity index (χ3v) is 3.02. The van der Waals surface area contributed by atoms with Crippen molar-refractivity contribution in [3.8, 4) is 11.5 Å². The fraction of sp³-hybridized carbons (Fsp3) is 0.250. The highest BCUT2D eigenvalue weighted by Crippen LogP contribution is 2.21. The molecule has 0 spiro atoms. The summed E-state index contributed by atoms with van der Waals surface area (Å²) in [6, 6.07) is 11.7. The maximum Gasteiger partial charge on any atom is 0.126 e. The fourth-order valence-electron chi connectivity index (χ4n) is 1.83. The zero-order valence-corrected chi connectivity index (χ0v) is 11.5. The van der Waals surface area contributed by atoms with Gasteiger partial charge in [-0.25, -0.2) is 4.39 Å². The van der Waals surface area contributed by atoms with Gasteiger partial charge in [0.05, 0.1) is 7.11 Å². The number of benzene rings is 2. The van der Waals surface area contributed by atoms with Crippen LogP contribution in [0.1, 0.15) is 17.2 Å². The molecule has 0 amide bonds. The van der Waals surface area contributed by atoms with Gasteiger partial charge in [-0.1, -0.05) is 12.1 Å². The number of hydrogen-bond acceptors (Lipinski definition) is 3. The molecule has 3 nitrogen and oxygen atoms in total. The van der Waals surface area contributed by atoms with Gasteiger partial charge in [0, 0.05) is 0 Å². The van der Waals surface area contributed by atoms with Crippen molar-refractivity contribution in [3.05, 3.63) is 59.4 Å². The van der Waals surface area contributed by atoms with E-state index in [0.29, 0.717) is 22.6 Å². The van der Waals surface area contributed by atoms with Gasteiger partial charge in [-0.15, -0.1) is 0 Å². The van der Waals surface area contributed by atoms with E-state index >= 15 is 0 Å². The quantitative estimate of drug-likeness (QED) is 0.911. The molecule has 0 aliphatic heterocycles. The zero-order valence-electron chi connectivity index (χ0n) is 11.5. The van der Waals surface area contributed by atoms with E-state index in [-0.39, 0.29) is 12.4 Å². The zero-order chi connectivity index (χ0) is 14.5. The van der Waals surface area contributed by atoms with Crippen LogP contribution in [0.3, 0.4) is 0 Å². The Labute approximate surface area is 117 Å². The Morgan fingerprint density at radius 3 is 2.65 bits per heavy atom. The monoisotopic (exact) mass is 276 g/mol. The number of ether oxygens (including phenoxy) is 2. The van der Waals surface area contributed by atoms with Crippen LogP contribution in [0, 0.1) is 12.7 Å². The van der Waals surface area contributed by atoms with E-state index in [0.717, 1.165) is 0 Å². The Hall–Kier alpha value is -2.07. The number of halogens is 1. The second-order valence-electron chi connectivity index (χ2n) is 4.51. The van der Waals surface area contributed by atoms with Gasteiger partial charge in [0.1, 0.15) is 30.0 Å². The van der Waals surface area contributed by atoms with Crippen molar-refractivity contribution in [2.24, 2.45) is 0 Å². The summed E-state index contributed by atoms with van der Waals surface area (Å²) in [6.07, 6.45) is -0.768. The number of aliphatic hydroxyl groups excluding tert-OH is 1. The SMILES string of the molecule is COc1cccc(C(O)COc2ccc(F)c(C)c2)c1. The van der Waals surface area contributed by atoms with Crippen LogP contribution in [-0.2, 0) is 0 Å². The molecule has 1 atom stereocenters. The highest BCUT2D eigenvalue weighted by atomic mass is 19.1. The summed E-state index contributed by atoms with van der Waals surface area (Å²) in [7, 11) is 1.57. The normalized spacial score (nSPS) is 12.0. The molecule has 20 heavy (non-hydrogen) atoms. The molecule has 1 unspecified atom stereocenters. The second-order valence-corrected chi connectivity index (χ2v) is 4.51. The van der Waals surface area contributed by atoms with Crippen LogP contribution in [0.4, 0.5) is 4.39 Å². The largest absolute Gasteiger partial charge is 0.497 e. The first-order valence-electron chi connectivity index (χ1n) is 6.31. The molecule has 0 heterocycles. The van der Waals surface area contributed by atoms with Gasteiger partial charge in [0.2, 0.25) is 0 Å². The smallest absolute Gasteiger partial charge is 0.126 e. The Morgan fingerprint density at radius 2 is 1.95 bits per heavy atom. The molecule has 1 N–H and O–H groups in total. The Morgan fingerprint density at radius 1 is 1.15 bits per heavy atom. The lowest BCUT2D eigenvalue weighted by molar-refractivity contribution is 0.108. The van der Waals surface area contributed by atoms with E-state index in [9.17, 15) is 9.50 Å². The number of aryl methyl sites for hydroxylation is 1. The number of aliphatic hydroxyl groups is 1. The third-order valence-electron chi connectivity index (χ3n) is 3.02. The first-order chi connectivity index (χ1) is 9.60. The number of hydrogen-bond donors (Lipinski definition) is 1. The van der Waals surface area contributed by atoms with Crippen molar-refractivity contribution in [3.63, 3.8) is 0 Å². The van der Waals surface area contributed by atoms with E-state index in [4.69, 9.17) is 9.47 Å². The van der Waals surface area contributed by atoms with Crippen molar-refractivity contribution in [2.75, 3.05) is 13.7 Å². The average molecular weight is 276 g/mol. The summed E-state index contributed by atoms with van der Waals surface area (Å²) >= 11 is 0. The van der Waals surface area contributed by atoms with Crippen LogP contribution in [0.15, 0.2) is 42.5 Å². The minimum atomic E-state index is -0.768. The Kier molecular flexibility index (Phi) is 4.58. The molecule has 2 aromatic rings. The Balaban J connectivity index is 2.00. The molecule has 0 aliphatic rings. The lowest BCUT2D eigenvalue weighted by Crippen LogP contribution is -2.10. The van der Waals surface area contributed by atoms with E-state index in [1.54, 1.807) is 50.4 Å². The van der Waals surface area contributed by atoms with Crippen molar-refractivity contribution in [1.29, 1.82) is 0 Å². The van der Waals surface area contributed by atoms with Crippen LogP contribution in [0.25, 0.3) is 0 Å². The van der Waals surface area contributed by atoms with Gasteiger partial charge in [-0.05, 0) is 48.4 Å². The molecule has 0 radical (unpaired) electrons. The molecule has 0 bridgehead atoms. The molecule has 0 aliphatic carbocycles. The van der Waals surface area contributed by atoms with E-state index in [1.807, 2.05) is 0 Å². The lowest BCUT2D eigenvalue weighted by atomic mass is 10.1. The van der Waals surface area contributed by atoms with Crippen LogP contribution >= 0.6 is 0 Å². The second kappa shape index (κ2) is 6.39. The number of rotatable bonds is 5. The first-order valence-corrected chi connectivity index (χ1v) is 6.31. The summed E-state index contributed by atoms with van der Waals surface area (Å²) in [5, 5.41) is 10.1. The molecule has 0 saturated heterocycles. The lowest BCUT2D eigenvalue weighted by Gasteiger charge is -2.14. The van der Waals surface area contributed by atoms with Gasteiger partial charge in [-0.3, -0.25) is 0 Å². The van der Waals surface area contributed by atoms with Crippen LogP contribution < -0.4 is 9.47 Å².